The van der Waals surface area contributed by atoms with Crippen LogP contribution in [0.4, 0.5) is 0 Å². The Morgan fingerprint density at radius 3 is 2.58 bits per heavy atom. The second-order valence-corrected chi connectivity index (χ2v) is 4.58. The Morgan fingerprint density at radius 1 is 1.16 bits per heavy atom. The molecule has 0 heterocycles. The Hall–Kier alpha value is -1.39. The van der Waals surface area contributed by atoms with Crippen LogP contribution in [0.1, 0.15) is 17.5 Å². The zero-order valence-electron chi connectivity index (χ0n) is 11.9. The lowest BCUT2D eigenvalue weighted by Gasteiger charge is -2.06. The molecule has 0 aliphatic carbocycles. The molecule has 4 heteroatoms. The van der Waals surface area contributed by atoms with E-state index in [0.29, 0.717) is 19.6 Å². The number of ether oxygens (including phenoxy) is 1. The maximum absolute atomic E-state index is 11.6. The lowest BCUT2D eigenvalue weighted by molar-refractivity contribution is -0.121. The molecule has 0 aliphatic rings. The Kier molecular flexibility index (Phi) is 7.86. The van der Waals surface area contributed by atoms with Crippen LogP contribution in [0.25, 0.3) is 0 Å². The number of hydrogen-bond acceptors (Lipinski definition) is 3. The largest absolute Gasteiger partial charge is 0.383 e. The van der Waals surface area contributed by atoms with E-state index < -0.39 is 0 Å². The van der Waals surface area contributed by atoms with Crippen LogP contribution in [-0.4, -0.2) is 39.3 Å². The highest BCUT2D eigenvalue weighted by molar-refractivity contribution is 5.76. The van der Waals surface area contributed by atoms with Crippen LogP contribution in [0.5, 0.6) is 0 Å². The predicted octanol–water partition coefficient (Wildman–Crippen LogP) is 1.28. The number of aryl methyl sites for hydroxylation is 2. The summed E-state index contributed by atoms with van der Waals surface area (Å²) >= 11 is 0. The normalized spacial score (nSPS) is 10.4. The van der Waals surface area contributed by atoms with Crippen LogP contribution in [0, 0.1) is 6.92 Å². The van der Waals surface area contributed by atoms with Crippen LogP contribution < -0.4 is 10.6 Å². The Balaban J connectivity index is 2.06. The summed E-state index contributed by atoms with van der Waals surface area (Å²) in [6.45, 7) is 5.01. The minimum absolute atomic E-state index is 0.106. The number of nitrogens with one attached hydrogen (secondary N) is 2. The molecule has 0 atom stereocenters. The molecule has 0 unspecified atom stereocenters. The molecule has 0 radical (unpaired) electrons. The molecule has 4 nitrogen and oxygen atoms in total. The molecule has 1 rings (SSSR count). The van der Waals surface area contributed by atoms with Gasteiger partial charge in [0.05, 0.1) is 6.61 Å². The van der Waals surface area contributed by atoms with Crippen LogP contribution in [0.2, 0.25) is 0 Å². The number of methoxy groups -OCH3 is 1. The summed E-state index contributed by atoms with van der Waals surface area (Å²) in [5, 5.41) is 6.08. The minimum atomic E-state index is 0.106. The van der Waals surface area contributed by atoms with Gasteiger partial charge in [0.15, 0.2) is 0 Å². The molecule has 1 aromatic rings. The predicted molar refractivity (Wildman–Crippen MR) is 77.3 cm³/mol. The molecule has 0 saturated carbocycles. The average molecular weight is 264 g/mol. The highest BCUT2D eigenvalue weighted by Crippen LogP contribution is 2.05. The van der Waals surface area contributed by atoms with Gasteiger partial charge in [-0.15, -0.1) is 0 Å². The molecular weight excluding hydrogens is 240 g/mol. The molecule has 19 heavy (non-hydrogen) atoms. The van der Waals surface area contributed by atoms with Crippen LogP contribution in [0.15, 0.2) is 24.3 Å². The highest BCUT2D eigenvalue weighted by Gasteiger charge is 2.01. The van der Waals surface area contributed by atoms with Gasteiger partial charge in [-0.25, -0.2) is 0 Å². The third-order valence-electron chi connectivity index (χ3n) is 2.87. The van der Waals surface area contributed by atoms with E-state index in [4.69, 9.17) is 4.74 Å². The van der Waals surface area contributed by atoms with Gasteiger partial charge in [0.2, 0.25) is 5.91 Å². The fourth-order valence-electron chi connectivity index (χ4n) is 1.69. The Bertz CT molecular complexity index is 363. The van der Waals surface area contributed by atoms with Crippen molar-refractivity contribution in [2.75, 3.05) is 33.4 Å². The van der Waals surface area contributed by atoms with Crippen molar-refractivity contribution in [2.45, 2.75) is 19.8 Å². The van der Waals surface area contributed by atoms with E-state index in [1.165, 1.54) is 11.1 Å². The van der Waals surface area contributed by atoms with Crippen LogP contribution in [-0.2, 0) is 16.0 Å². The summed E-state index contributed by atoms with van der Waals surface area (Å²) in [5.41, 5.74) is 2.45. The van der Waals surface area contributed by atoms with Crippen molar-refractivity contribution in [1.29, 1.82) is 0 Å². The summed E-state index contributed by atoms with van der Waals surface area (Å²) in [4.78, 5) is 11.6. The SMILES string of the molecule is COCCNCCNC(=O)CCc1ccc(C)cc1. The second kappa shape index (κ2) is 9.53. The van der Waals surface area contributed by atoms with Crippen LogP contribution >= 0.6 is 0 Å². The first-order valence-electron chi connectivity index (χ1n) is 6.74. The van der Waals surface area contributed by atoms with E-state index in [1.54, 1.807) is 7.11 Å². The number of carbonyl (C=O) groups is 1. The summed E-state index contributed by atoms with van der Waals surface area (Å²) in [7, 11) is 1.68. The van der Waals surface area contributed by atoms with Gasteiger partial charge in [-0.1, -0.05) is 29.8 Å². The van der Waals surface area contributed by atoms with Gasteiger partial charge in [-0.05, 0) is 18.9 Å². The summed E-state index contributed by atoms with van der Waals surface area (Å²) in [6.07, 6.45) is 1.34. The van der Waals surface area contributed by atoms with E-state index in [-0.39, 0.29) is 5.91 Å². The maximum Gasteiger partial charge on any atom is 0.220 e. The first kappa shape index (κ1) is 15.7. The molecule has 1 amide bonds. The summed E-state index contributed by atoms with van der Waals surface area (Å²) in [6, 6.07) is 8.31. The van der Waals surface area contributed by atoms with Crippen molar-refractivity contribution in [1.82, 2.24) is 10.6 Å². The van der Waals surface area contributed by atoms with Gasteiger partial charge in [0, 0.05) is 33.2 Å². The first-order chi connectivity index (χ1) is 9.22. The van der Waals surface area contributed by atoms with Gasteiger partial charge in [0.1, 0.15) is 0 Å². The van der Waals surface area contributed by atoms with Gasteiger partial charge in [0.25, 0.3) is 0 Å². The highest BCUT2D eigenvalue weighted by atomic mass is 16.5. The monoisotopic (exact) mass is 264 g/mol. The molecule has 106 valence electrons. The zero-order valence-corrected chi connectivity index (χ0v) is 11.9. The van der Waals surface area contributed by atoms with Crippen molar-refractivity contribution in [3.05, 3.63) is 35.4 Å². The number of benzene rings is 1. The molecular formula is C15H24N2O2. The van der Waals surface area contributed by atoms with E-state index in [1.807, 2.05) is 0 Å². The number of amides is 1. The lowest BCUT2D eigenvalue weighted by Crippen LogP contribution is -2.33. The number of carbonyl (C=O) groups excluding carboxylic acids is 1. The molecule has 1 aromatic carbocycles. The maximum atomic E-state index is 11.6. The van der Waals surface area contributed by atoms with Gasteiger partial charge < -0.3 is 15.4 Å². The molecule has 0 aliphatic heterocycles. The molecule has 0 fully saturated rings. The molecule has 0 aromatic heterocycles. The molecule has 0 saturated heterocycles. The van der Waals surface area contributed by atoms with Crippen molar-refractivity contribution >= 4 is 5.91 Å². The molecule has 0 bridgehead atoms. The van der Waals surface area contributed by atoms with E-state index >= 15 is 0 Å². The summed E-state index contributed by atoms with van der Waals surface area (Å²) in [5.74, 6) is 0.106. The van der Waals surface area contributed by atoms with Gasteiger partial charge >= 0.3 is 0 Å². The molecule has 2 N–H and O–H groups in total. The topological polar surface area (TPSA) is 50.4 Å². The quantitative estimate of drug-likeness (QED) is 0.661. The Labute approximate surface area is 115 Å². The minimum Gasteiger partial charge on any atom is -0.383 e. The van der Waals surface area contributed by atoms with Crippen molar-refractivity contribution in [3.8, 4) is 0 Å². The molecule has 0 spiro atoms. The third kappa shape index (κ3) is 7.59. The fraction of sp³-hybridized carbons (Fsp3) is 0.533. The van der Waals surface area contributed by atoms with Crippen molar-refractivity contribution < 1.29 is 9.53 Å². The van der Waals surface area contributed by atoms with Crippen molar-refractivity contribution in [2.24, 2.45) is 0 Å². The van der Waals surface area contributed by atoms with Crippen molar-refractivity contribution in [3.63, 3.8) is 0 Å². The van der Waals surface area contributed by atoms with E-state index in [2.05, 4.69) is 41.8 Å². The zero-order chi connectivity index (χ0) is 13.9. The summed E-state index contributed by atoms with van der Waals surface area (Å²) < 4.78 is 4.92. The first-order valence-corrected chi connectivity index (χ1v) is 6.74. The van der Waals surface area contributed by atoms with E-state index in [9.17, 15) is 4.79 Å². The lowest BCUT2D eigenvalue weighted by atomic mass is 10.1. The smallest absolute Gasteiger partial charge is 0.220 e. The van der Waals surface area contributed by atoms with Gasteiger partial charge in [-0.3, -0.25) is 4.79 Å². The van der Waals surface area contributed by atoms with Gasteiger partial charge in [-0.2, -0.15) is 0 Å². The second-order valence-electron chi connectivity index (χ2n) is 4.58. The fourth-order valence-corrected chi connectivity index (χ4v) is 1.69. The third-order valence-corrected chi connectivity index (χ3v) is 2.87. The average Bonchev–Trinajstić information content (AvgIpc) is 2.42. The standard InChI is InChI=1S/C15H24N2O2/c1-13-3-5-14(6-4-13)7-8-15(18)17-10-9-16-11-12-19-2/h3-6,16H,7-12H2,1-2H3,(H,17,18). The number of hydrogen-bond donors (Lipinski definition) is 2. The van der Waals surface area contributed by atoms with E-state index in [0.717, 1.165) is 19.5 Å². The van der Waals surface area contributed by atoms with Crippen LogP contribution in [0.3, 0.4) is 0 Å². The Morgan fingerprint density at radius 2 is 1.89 bits per heavy atom. The number of rotatable bonds is 9.